The van der Waals surface area contributed by atoms with E-state index in [4.69, 9.17) is 5.11 Å². The number of allylic oxidation sites excluding steroid dienone is 4. The molecule has 0 heterocycles. The predicted octanol–water partition coefficient (Wildman–Crippen LogP) is 1.66. The molecule has 0 aromatic rings. The molecule has 0 saturated carbocycles. The Kier molecular flexibility index (Phi) is 3.75. The van der Waals surface area contributed by atoms with Gasteiger partial charge in [0.1, 0.15) is 0 Å². The van der Waals surface area contributed by atoms with Crippen molar-refractivity contribution in [3.05, 3.63) is 36.2 Å². The van der Waals surface area contributed by atoms with Gasteiger partial charge in [0, 0.05) is 5.92 Å². The molecule has 2 N–H and O–H groups in total. The molecule has 15 heavy (non-hydrogen) atoms. The monoisotopic (exact) mass is 203 g/mol. The van der Waals surface area contributed by atoms with Gasteiger partial charge in [0.15, 0.2) is 0 Å². The zero-order valence-corrected chi connectivity index (χ0v) is 8.58. The van der Waals surface area contributed by atoms with Gasteiger partial charge in [0.2, 0.25) is 0 Å². The molecule has 0 aliphatic heterocycles. The Morgan fingerprint density at radius 2 is 2.53 bits per heavy atom. The van der Waals surface area contributed by atoms with Gasteiger partial charge in [-0.15, -0.1) is 0 Å². The zero-order valence-electron chi connectivity index (χ0n) is 8.58. The van der Waals surface area contributed by atoms with Crippen molar-refractivity contribution < 1.29 is 9.90 Å². The fraction of sp³-hybridized carbons (Fsp3) is 0.250. The van der Waals surface area contributed by atoms with Crippen LogP contribution in [0.4, 0.5) is 0 Å². The van der Waals surface area contributed by atoms with Crippen LogP contribution in [0, 0.1) is 17.8 Å². The summed E-state index contributed by atoms with van der Waals surface area (Å²) in [6, 6.07) is 0. The van der Waals surface area contributed by atoms with Crippen molar-refractivity contribution in [2.45, 2.75) is 13.3 Å². The summed E-state index contributed by atoms with van der Waals surface area (Å²) in [5.41, 5.74) is 1.73. The van der Waals surface area contributed by atoms with Crippen molar-refractivity contribution >= 4 is 5.97 Å². The molecule has 3 heteroatoms. The summed E-state index contributed by atoms with van der Waals surface area (Å²) in [7, 11) is 0. The minimum absolute atomic E-state index is 0.0412. The summed E-state index contributed by atoms with van der Waals surface area (Å²) in [6.07, 6.45) is 5.32. The van der Waals surface area contributed by atoms with Crippen LogP contribution in [0.5, 0.6) is 0 Å². The van der Waals surface area contributed by atoms with E-state index < -0.39 is 5.97 Å². The SMILES string of the molecule is C=CNC1=CC(C)=CC(CC(=O)O)C#C1. The molecular formula is C12H13NO2. The van der Waals surface area contributed by atoms with Crippen molar-refractivity contribution in [3.63, 3.8) is 0 Å². The number of rotatable bonds is 4. The molecule has 0 bridgehead atoms. The van der Waals surface area contributed by atoms with Crippen molar-refractivity contribution in [1.29, 1.82) is 0 Å². The average molecular weight is 203 g/mol. The van der Waals surface area contributed by atoms with E-state index in [9.17, 15) is 4.79 Å². The Labute approximate surface area is 89.2 Å². The molecule has 78 valence electrons. The van der Waals surface area contributed by atoms with Crippen LogP contribution < -0.4 is 5.32 Å². The molecule has 3 nitrogen and oxygen atoms in total. The lowest BCUT2D eigenvalue weighted by atomic mass is 10.0. The van der Waals surface area contributed by atoms with Gasteiger partial charge >= 0.3 is 5.97 Å². The van der Waals surface area contributed by atoms with Crippen LogP contribution in [-0.2, 0) is 4.79 Å². The molecule has 0 radical (unpaired) electrons. The third-order valence-electron chi connectivity index (χ3n) is 1.88. The number of aliphatic carboxylic acids is 1. The molecule has 0 saturated heterocycles. The number of carboxylic acid groups (broad SMARTS) is 1. The topological polar surface area (TPSA) is 49.3 Å². The van der Waals surface area contributed by atoms with Crippen LogP contribution in [0.3, 0.4) is 0 Å². The van der Waals surface area contributed by atoms with Gasteiger partial charge in [-0.25, -0.2) is 0 Å². The van der Waals surface area contributed by atoms with E-state index in [1.54, 1.807) is 6.20 Å². The van der Waals surface area contributed by atoms with Gasteiger partial charge in [0.25, 0.3) is 0 Å². The van der Waals surface area contributed by atoms with Gasteiger partial charge in [0.05, 0.1) is 12.1 Å². The van der Waals surface area contributed by atoms with Crippen molar-refractivity contribution in [2.24, 2.45) is 5.92 Å². The first-order valence-electron chi connectivity index (χ1n) is 4.62. The van der Waals surface area contributed by atoms with Crippen molar-refractivity contribution in [2.75, 3.05) is 0 Å². The van der Waals surface area contributed by atoms with Gasteiger partial charge in [-0.05, 0) is 25.1 Å². The second-order valence-electron chi connectivity index (χ2n) is 3.29. The van der Waals surface area contributed by atoms with Crippen LogP contribution in [0.25, 0.3) is 0 Å². The summed E-state index contributed by atoms with van der Waals surface area (Å²) in [4.78, 5) is 10.5. The van der Waals surface area contributed by atoms with Gasteiger partial charge < -0.3 is 10.4 Å². The maximum absolute atomic E-state index is 10.5. The van der Waals surface area contributed by atoms with Gasteiger partial charge in [-0.1, -0.05) is 24.1 Å². The van der Waals surface area contributed by atoms with E-state index in [2.05, 4.69) is 23.7 Å². The zero-order chi connectivity index (χ0) is 11.3. The Balaban J connectivity index is 2.83. The van der Waals surface area contributed by atoms with Crippen molar-refractivity contribution in [3.8, 4) is 11.8 Å². The lowest BCUT2D eigenvalue weighted by molar-refractivity contribution is -0.137. The highest BCUT2D eigenvalue weighted by Crippen LogP contribution is 2.12. The van der Waals surface area contributed by atoms with E-state index in [-0.39, 0.29) is 12.3 Å². The molecule has 1 atom stereocenters. The second-order valence-corrected chi connectivity index (χ2v) is 3.29. The third-order valence-corrected chi connectivity index (χ3v) is 1.88. The second kappa shape index (κ2) is 5.06. The summed E-state index contributed by atoms with van der Waals surface area (Å²) >= 11 is 0. The first kappa shape index (κ1) is 11.1. The van der Waals surface area contributed by atoms with Crippen LogP contribution in [-0.4, -0.2) is 11.1 Å². The van der Waals surface area contributed by atoms with Gasteiger partial charge in [-0.2, -0.15) is 0 Å². The molecule has 0 spiro atoms. The fourth-order valence-corrected chi connectivity index (χ4v) is 1.33. The number of hydrogen-bond donors (Lipinski definition) is 2. The van der Waals surface area contributed by atoms with E-state index in [0.717, 1.165) is 11.3 Å². The first-order valence-corrected chi connectivity index (χ1v) is 4.62. The molecule has 1 rings (SSSR count). The van der Waals surface area contributed by atoms with E-state index in [1.807, 2.05) is 19.1 Å². The molecular weight excluding hydrogens is 190 g/mol. The highest BCUT2D eigenvalue weighted by Gasteiger charge is 2.09. The molecule has 0 aromatic carbocycles. The minimum atomic E-state index is -0.835. The molecule has 0 amide bonds. The van der Waals surface area contributed by atoms with E-state index in [0.29, 0.717) is 0 Å². The van der Waals surface area contributed by atoms with E-state index in [1.165, 1.54) is 0 Å². The van der Waals surface area contributed by atoms with Crippen LogP contribution in [0.15, 0.2) is 36.2 Å². The summed E-state index contributed by atoms with van der Waals surface area (Å²) in [5.74, 6) is 4.72. The maximum Gasteiger partial charge on any atom is 0.304 e. The quantitative estimate of drug-likeness (QED) is 0.683. The van der Waals surface area contributed by atoms with Crippen LogP contribution >= 0.6 is 0 Å². The fourth-order valence-electron chi connectivity index (χ4n) is 1.33. The highest BCUT2D eigenvalue weighted by atomic mass is 16.4. The van der Waals surface area contributed by atoms with E-state index >= 15 is 0 Å². The summed E-state index contributed by atoms with van der Waals surface area (Å²) in [5, 5.41) is 11.6. The summed E-state index contributed by atoms with van der Waals surface area (Å²) < 4.78 is 0. The molecule has 0 aromatic heterocycles. The molecule has 1 unspecified atom stereocenters. The standard InChI is InChI=1S/C12H13NO2/c1-3-13-11-5-4-10(8-12(14)15)6-9(2)7-11/h3,6-7,10,13H,1,8H2,2H3,(H,14,15). The van der Waals surface area contributed by atoms with Crippen molar-refractivity contribution in [1.82, 2.24) is 5.32 Å². The number of hydrogen-bond acceptors (Lipinski definition) is 2. The predicted molar refractivity (Wildman–Crippen MR) is 58.7 cm³/mol. The van der Waals surface area contributed by atoms with Crippen LogP contribution in [0.1, 0.15) is 13.3 Å². The Morgan fingerprint density at radius 3 is 3.13 bits per heavy atom. The Hall–Kier alpha value is -1.95. The number of carboxylic acids is 1. The minimum Gasteiger partial charge on any atom is -0.481 e. The average Bonchev–Trinajstić information content (AvgIpc) is 2.27. The Bertz CT molecular complexity index is 394. The first-order chi connectivity index (χ1) is 7.11. The van der Waals surface area contributed by atoms with Crippen LogP contribution in [0.2, 0.25) is 0 Å². The molecule has 0 fully saturated rings. The lowest BCUT2D eigenvalue weighted by Gasteiger charge is -2.00. The Morgan fingerprint density at radius 1 is 1.80 bits per heavy atom. The van der Waals surface area contributed by atoms with Gasteiger partial charge in [-0.3, -0.25) is 4.79 Å². The molecule has 1 aliphatic carbocycles. The molecule has 1 aliphatic rings. The lowest BCUT2D eigenvalue weighted by Crippen LogP contribution is -2.03. The number of nitrogens with one attached hydrogen (secondary N) is 1. The smallest absolute Gasteiger partial charge is 0.304 e. The largest absolute Gasteiger partial charge is 0.481 e. The number of carbonyl (C=O) groups is 1. The highest BCUT2D eigenvalue weighted by molar-refractivity contribution is 5.68. The normalized spacial score (nSPS) is 18.9. The summed E-state index contributed by atoms with van der Waals surface area (Å²) in [6.45, 7) is 5.46. The maximum atomic E-state index is 10.5. The third kappa shape index (κ3) is 3.74.